The van der Waals surface area contributed by atoms with Crippen LogP contribution in [0.1, 0.15) is 33.1 Å². The van der Waals surface area contributed by atoms with Crippen LogP contribution in [0.3, 0.4) is 0 Å². The van der Waals surface area contributed by atoms with E-state index >= 15 is 0 Å². The second kappa shape index (κ2) is 9.80. The second-order valence-corrected chi connectivity index (χ2v) is 9.90. The van der Waals surface area contributed by atoms with E-state index in [2.05, 4.69) is 60.3 Å². The highest BCUT2D eigenvalue weighted by atomic mass is 16.5. The van der Waals surface area contributed by atoms with Crippen molar-refractivity contribution in [1.82, 2.24) is 9.47 Å². The third-order valence-electron chi connectivity index (χ3n) is 7.49. The molecule has 0 spiro atoms. The smallest absolute Gasteiger partial charge is 0.255 e. The molecule has 1 aliphatic heterocycles. The lowest BCUT2D eigenvalue weighted by molar-refractivity contribution is -0.117. The van der Waals surface area contributed by atoms with Crippen LogP contribution in [0.15, 0.2) is 97.1 Å². The number of amides is 2. The highest BCUT2D eigenvalue weighted by Crippen LogP contribution is 2.46. The summed E-state index contributed by atoms with van der Waals surface area (Å²) in [5.74, 6) is 0.296. The number of carbonyl (C=O) groups excluding carboxylic acids is 2. The summed E-state index contributed by atoms with van der Waals surface area (Å²) in [4.78, 5) is 28.8. The minimum Gasteiger partial charge on any atom is -0.497 e. The maximum absolute atomic E-state index is 13.8. The van der Waals surface area contributed by atoms with Crippen molar-refractivity contribution in [2.24, 2.45) is 7.05 Å². The fraction of sp³-hybridized carbons (Fsp3) is 0.152. The zero-order valence-corrected chi connectivity index (χ0v) is 22.1. The van der Waals surface area contributed by atoms with E-state index in [1.165, 1.54) is 5.56 Å². The number of hydrogen-bond acceptors (Lipinski definition) is 3. The number of anilines is 1. The Labute approximate surface area is 227 Å². The van der Waals surface area contributed by atoms with Crippen LogP contribution in [0.2, 0.25) is 0 Å². The second-order valence-electron chi connectivity index (χ2n) is 9.90. The van der Waals surface area contributed by atoms with Gasteiger partial charge in [0.05, 0.1) is 18.8 Å². The molecule has 1 aromatic heterocycles. The number of hydrogen-bond donors (Lipinski definition) is 1. The Morgan fingerprint density at radius 1 is 0.897 bits per heavy atom. The van der Waals surface area contributed by atoms with Crippen molar-refractivity contribution in [2.45, 2.75) is 13.0 Å². The van der Waals surface area contributed by atoms with Gasteiger partial charge in [0.15, 0.2) is 0 Å². The summed E-state index contributed by atoms with van der Waals surface area (Å²) in [5, 5.41) is 4.00. The van der Waals surface area contributed by atoms with Crippen LogP contribution in [0.25, 0.3) is 22.2 Å². The van der Waals surface area contributed by atoms with Crippen LogP contribution in [-0.2, 0) is 11.8 Å². The van der Waals surface area contributed by atoms with Gasteiger partial charge in [-0.1, -0.05) is 66.2 Å². The quantitative estimate of drug-likeness (QED) is 0.287. The number of aromatic nitrogens is 1. The molecule has 5 aromatic rings. The molecule has 1 aliphatic rings. The number of nitrogens with zero attached hydrogens (tertiary/aromatic N) is 2. The lowest BCUT2D eigenvalue weighted by Crippen LogP contribution is -2.36. The molecule has 2 amide bonds. The fourth-order valence-electron chi connectivity index (χ4n) is 5.63. The molecule has 1 N–H and O–H groups in total. The first kappa shape index (κ1) is 24.5. The Kier molecular flexibility index (Phi) is 6.15. The average Bonchev–Trinajstić information content (AvgIpc) is 3.40. The number of carbonyl (C=O) groups is 2. The number of nitrogens with one attached hydrogen (secondary N) is 1. The maximum Gasteiger partial charge on any atom is 0.255 e. The monoisotopic (exact) mass is 515 g/mol. The summed E-state index contributed by atoms with van der Waals surface area (Å²) in [7, 11) is 3.66. The molecule has 6 nitrogen and oxygen atoms in total. The Balaban J connectivity index is 1.47. The van der Waals surface area contributed by atoms with E-state index < -0.39 is 6.04 Å². The molecule has 6 heteroatoms. The summed E-state index contributed by atoms with van der Waals surface area (Å²) < 4.78 is 7.41. The van der Waals surface area contributed by atoms with Gasteiger partial charge < -0.3 is 19.5 Å². The van der Waals surface area contributed by atoms with Crippen molar-refractivity contribution in [3.05, 3.63) is 119 Å². The predicted octanol–water partition coefficient (Wildman–Crippen LogP) is 6.35. The van der Waals surface area contributed by atoms with Crippen molar-refractivity contribution >= 4 is 28.4 Å². The first-order valence-corrected chi connectivity index (χ1v) is 12.9. The molecule has 0 aliphatic carbocycles. The van der Waals surface area contributed by atoms with Crippen LogP contribution in [0.4, 0.5) is 5.69 Å². The molecule has 0 radical (unpaired) electrons. The Hall–Kier alpha value is -4.84. The van der Waals surface area contributed by atoms with Gasteiger partial charge in [-0.15, -0.1) is 0 Å². The van der Waals surface area contributed by atoms with Gasteiger partial charge in [0.1, 0.15) is 12.3 Å². The summed E-state index contributed by atoms with van der Waals surface area (Å²) in [5.41, 5.74) is 7.55. The maximum atomic E-state index is 13.8. The molecule has 39 heavy (non-hydrogen) atoms. The minimum atomic E-state index is -0.419. The Bertz CT molecular complexity index is 1700. The number of fused-ring (bicyclic) bond motifs is 2. The van der Waals surface area contributed by atoms with Crippen LogP contribution in [0.5, 0.6) is 5.75 Å². The number of benzene rings is 4. The van der Waals surface area contributed by atoms with Gasteiger partial charge >= 0.3 is 0 Å². The molecule has 0 saturated carbocycles. The lowest BCUT2D eigenvalue weighted by Gasteiger charge is -2.26. The van der Waals surface area contributed by atoms with Crippen molar-refractivity contribution in [3.63, 3.8) is 0 Å². The van der Waals surface area contributed by atoms with Crippen molar-refractivity contribution in [1.29, 1.82) is 0 Å². The van der Waals surface area contributed by atoms with Crippen molar-refractivity contribution < 1.29 is 14.3 Å². The molecule has 4 aromatic carbocycles. The summed E-state index contributed by atoms with van der Waals surface area (Å²) in [6.07, 6.45) is 0. The Morgan fingerprint density at radius 2 is 1.59 bits per heavy atom. The highest BCUT2D eigenvalue weighted by molar-refractivity contribution is 6.05. The third-order valence-corrected chi connectivity index (χ3v) is 7.49. The lowest BCUT2D eigenvalue weighted by atomic mass is 9.93. The summed E-state index contributed by atoms with van der Waals surface area (Å²) in [6.45, 7) is 1.99. The molecule has 0 saturated heterocycles. The number of methoxy groups -OCH3 is 1. The standard InChI is InChI=1S/C33H29N3O3/c1-21-12-14-22(15-13-21)31-30(27-10-6-7-11-28(27)35(31)2)32-25-8-4-5-9-26(25)33(38)36(32)20-29(37)34-23-16-18-24(39-3)19-17-23/h4-19,32H,20H2,1-3H3,(H,34,37). The van der Waals surface area contributed by atoms with Crippen molar-refractivity contribution in [3.8, 4) is 17.0 Å². The molecule has 2 heterocycles. The van der Waals surface area contributed by atoms with E-state index in [0.29, 0.717) is 17.0 Å². The SMILES string of the molecule is COc1ccc(NC(=O)CN2C(=O)c3ccccc3C2c2c(-c3ccc(C)cc3)n(C)c3ccccc23)cc1. The molecule has 1 atom stereocenters. The van der Waals surface area contributed by atoms with Gasteiger partial charge in [0, 0.05) is 34.8 Å². The van der Waals surface area contributed by atoms with E-state index in [0.717, 1.165) is 33.3 Å². The van der Waals surface area contributed by atoms with Gasteiger partial charge in [0.2, 0.25) is 5.91 Å². The molecular weight excluding hydrogens is 486 g/mol. The topological polar surface area (TPSA) is 63.6 Å². The summed E-state index contributed by atoms with van der Waals surface area (Å²) >= 11 is 0. The van der Waals surface area contributed by atoms with Gasteiger partial charge in [-0.25, -0.2) is 0 Å². The molecule has 6 rings (SSSR count). The molecule has 1 unspecified atom stereocenters. The molecular formula is C33H29N3O3. The number of aryl methyl sites for hydroxylation is 2. The minimum absolute atomic E-state index is 0.0826. The molecule has 0 fully saturated rings. The number of ether oxygens (including phenoxy) is 1. The van der Waals surface area contributed by atoms with Gasteiger partial charge in [-0.05, 0) is 54.4 Å². The van der Waals surface area contributed by atoms with E-state index in [1.807, 2.05) is 36.4 Å². The first-order chi connectivity index (χ1) is 19.0. The fourth-order valence-corrected chi connectivity index (χ4v) is 5.63. The summed E-state index contributed by atoms with van der Waals surface area (Å²) in [6, 6.07) is 31.1. The molecule has 0 bridgehead atoms. The van der Waals surface area contributed by atoms with Crippen molar-refractivity contribution in [2.75, 3.05) is 19.0 Å². The van der Waals surface area contributed by atoms with Gasteiger partial charge in [0.25, 0.3) is 5.91 Å². The average molecular weight is 516 g/mol. The zero-order valence-electron chi connectivity index (χ0n) is 22.1. The predicted molar refractivity (Wildman–Crippen MR) is 154 cm³/mol. The first-order valence-electron chi connectivity index (χ1n) is 12.9. The van der Waals surface area contributed by atoms with E-state index in [-0.39, 0.29) is 18.4 Å². The largest absolute Gasteiger partial charge is 0.497 e. The zero-order chi connectivity index (χ0) is 27.1. The Morgan fingerprint density at radius 3 is 2.33 bits per heavy atom. The van der Waals surface area contributed by atoms with Gasteiger partial charge in [-0.3, -0.25) is 9.59 Å². The van der Waals surface area contributed by atoms with Crippen LogP contribution < -0.4 is 10.1 Å². The van der Waals surface area contributed by atoms with Gasteiger partial charge in [-0.2, -0.15) is 0 Å². The normalized spacial score (nSPS) is 14.5. The van der Waals surface area contributed by atoms with E-state index in [1.54, 1.807) is 36.3 Å². The number of rotatable bonds is 6. The highest BCUT2D eigenvalue weighted by Gasteiger charge is 2.41. The number of para-hydroxylation sites is 1. The van der Waals surface area contributed by atoms with Crippen LogP contribution in [-0.4, -0.2) is 34.9 Å². The van der Waals surface area contributed by atoms with E-state index in [4.69, 9.17) is 4.74 Å². The molecule has 194 valence electrons. The van der Waals surface area contributed by atoms with Crippen LogP contribution in [0, 0.1) is 6.92 Å². The van der Waals surface area contributed by atoms with Crippen LogP contribution >= 0.6 is 0 Å². The van der Waals surface area contributed by atoms with E-state index in [9.17, 15) is 9.59 Å². The third kappa shape index (κ3) is 4.24.